The molecule has 4 rings (SSSR count). The summed E-state index contributed by atoms with van der Waals surface area (Å²) in [6.07, 6.45) is 1.58. The van der Waals surface area contributed by atoms with E-state index < -0.39 is 12.0 Å². The van der Waals surface area contributed by atoms with E-state index in [1.807, 2.05) is 48.5 Å². The molecule has 1 aromatic heterocycles. The first-order valence-electron chi connectivity index (χ1n) is 9.92. The fourth-order valence-corrected chi connectivity index (χ4v) is 5.06. The molecule has 2 unspecified atom stereocenters. The fraction of sp³-hybridized carbons (Fsp3) is 0.292. The third-order valence-electron chi connectivity index (χ3n) is 5.38. The minimum absolute atomic E-state index is 0.121. The molecule has 1 N–H and O–H groups in total. The number of carboxylic acids is 1. The Balaban J connectivity index is 1.70. The molecular weight excluding hydrogens is 382 g/mol. The molecule has 150 valence electrons. The van der Waals surface area contributed by atoms with Gasteiger partial charge in [0.2, 0.25) is 0 Å². The van der Waals surface area contributed by atoms with Crippen molar-refractivity contribution in [1.29, 1.82) is 0 Å². The third-order valence-corrected chi connectivity index (χ3v) is 6.48. The molecule has 1 aliphatic heterocycles. The van der Waals surface area contributed by atoms with E-state index in [0.29, 0.717) is 13.0 Å². The molecule has 0 saturated carbocycles. The van der Waals surface area contributed by atoms with Crippen LogP contribution in [-0.4, -0.2) is 28.6 Å². The molecule has 3 aromatic rings. The van der Waals surface area contributed by atoms with Crippen LogP contribution in [0.25, 0.3) is 0 Å². The lowest BCUT2D eigenvalue weighted by Crippen LogP contribution is -2.39. The Morgan fingerprint density at radius 3 is 2.69 bits per heavy atom. The van der Waals surface area contributed by atoms with Gasteiger partial charge in [-0.2, -0.15) is 0 Å². The van der Waals surface area contributed by atoms with Gasteiger partial charge in [0.1, 0.15) is 18.4 Å². The van der Waals surface area contributed by atoms with Gasteiger partial charge < -0.3 is 9.84 Å². The van der Waals surface area contributed by atoms with Crippen molar-refractivity contribution in [1.82, 2.24) is 4.90 Å². The van der Waals surface area contributed by atoms with Gasteiger partial charge in [-0.15, -0.1) is 11.3 Å². The molecular formula is C24H25NO3S. The summed E-state index contributed by atoms with van der Waals surface area (Å²) in [5, 5.41) is 11.9. The van der Waals surface area contributed by atoms with Crippen molar-refractivity contribution in [3.63, 3.8) is 0 Å². The second-order valence-electron chi connectivity index (χ2n) is 7.48. The quantitative estimate of drug-likeness (QED) is 0.579. The number of aryl methyl sites for hydroxylation is 1. The van der Waals surface area contributed by atoms with Gasteiger partial charge in [0.05, 0.1) is 6.04 Å². The zero-order chi connectivity index (χ0) is 20.2. The Bertz CT molecular complexity index is 969. The molecule has 2 heterocycles. The van der Waals surface area contributed by atoms with Gasteiger partial charge in [0, 0.05) is 17.0 Å². The average Bonchev–Trinajstić information content (AvgIpc) is 3.38. The lowest BCUT2D eigenvalue weighted by molar-refractivity contribution is -0.142. The van der Waals surface area contributed by atoms with E-state index >= 15 is 0 Å². The standard InChI is InChI=1S/C24H25NO3S/c1-17-14-22(29-16-17)23(25-13-7-11-20(25)24(26)27)19-10-5-6-12-21(19)28-15-18-8-3-2-4-9-18/h2-6,8-10,12,14,16,20,23H,7,11,13,15H2,1H3,(H,26,27). The summed E-state index contributed by atoms with van der Waals surface area (Å²) >= 11 is 1.69. The summed E-state index contributed by atoms with van der Waals surface area (Å²) in [6, 6.07) is 19.7. The van der Waals surface area contributed by atoms with Gasteiger partial charge in [0.15, 0.2) is 0 Å². The minimum Gasteiger partial charge on any atom is -0.489 e. The zero-order valence-corrected chi connectivity index (χ0v) is 17.3. The molecule has 0 radical (unpaired) electrons. The van der Waals surface area contributed by atoms with Crippen molar-refractivity contribution in [2.75, 3.05) is 6.54 Å². The van der Waals surface area contributed by atoms with Gasteiger partial charge in [-0.25, -0.2) is 0 Å². The van der Waals surface area contributed by atoms with Crippen LogP contribution in [0.3, 0.4) is 0 Å². The predicted molar refractivity (Wildman–Crippen MR) is 115 cm³/mol. The summed E-state index contributed by atoms with van der Waals surface area (Å²) in [6.45, 7) is 3.33. The number of aliphatic carboxylic acids is 1. The summed E-state index contributed by atoms with van der Waals surface area (Å²) in [7, 11) is 0. The lowest BCUT2D eigenvalue weighted by Gasteiger charge is -2.32. The lowest BCUT2D eigenvalue weighted by atomic mass is 10.0. The highest BCUT2D eigenvalue weighted by Crippen LogP contribution is 2.41. The molecule has 0 amide bonds. The summed E-state index contributed by atoms with van der Waals surface area (Å²) in [5.41, 5.74) is 3.33. The first-order valence-corrected chi connectivity index (χ1v) is 10.8. The Morgan fingerprint density at radius 1 is 1.21 bits per heavy atom. The molecule has 2 aromatic carbocycles. The summed E-state index contributed by atoms with van der Waals surface area (Å²) in [5.74, 6) is 0.0620. The van der Waals surface area contributed by atoms with E-state index in [9.17, 15) is 9.90 Å². The molecule has 0 spiro atoms. The Labute approximate surface area is 175 Å². The van der Waals surface area contributed by atoms with Crippen LogP contribution in [0.5, 0.6) is 5.75 Å². The minimum atomic E-state index is -0.747. The number of hydrogen-bond donors (Lipinski definition) is 1. The van der Waals surface area contributed by atoms with Gasteiger partial charge >= 0.3 is 5.97 Å². The second kappa shape index (κ2) is 8.80. The zero-order valence-electron chi connectivity index (χ0n) is 16.5. The third kappa shape index (κ3) is 4.36. The Hall–Kier alpha value is -2.63. The van der Waals surface area contributed by atoms with Crippen LogP contribution in [0.4, 0.5) is 0 Å². The van der Waals surface area contributed by atoms with E-state index in [4.69, 9.17) is 4.74 Å². The average molecular weight is 408 g/mol. The number of hydrogen-bond acceptors (Lipinski definition) is 4. The first-order chi connectivity index (χ1) is 14.1. The first kappa shape index (κ1) is 19.7. The molecule has 0 bridgehead atoms. The maximum absolute atomic E-state index is 11.9. The molecule has 29 heavy (non-hydrogen) atoms. The monoisotopic (exact) mass is 407 g/mol. The highest BCUT2D eigenvalue weighted by molar-refractivity contribution is 7.10. The molecule has 4 nitrogen and oxygen atoms in total. The largest absolute Gasteiger partial charge is 0.489 e. The van der Waals surface area contributed by atoms with Crippen LogP contribution in [0.1, 0.15) is 40.5 Å². The van der Waals surface area contributed by atoms with Crippen molar-refractivity contribution >= 4 is 17.3 Å². The van der Waals surface area contributed by atoms with E-state index in [-0.39, 0.29) is 6.04 Å². The maximum atomic E-state index is 11.9. The topological polar surface area (TPSA) is 49.8 Å². The number of rotatable bonds is 7. The molecule has 2 atom stereocenters. The normalized spacial score (nSPS) is 17.9. The number of likely N-dealkylation sites (tertiary alicyclic amines) is 1. The molecule has 5 heteroatoms. The van der Waals surface area contributed by atoms with Crippen LogP contribution >= 0.6 is 11.3 Å². The van der Waals surface area contributed by atoms with Gasteiger partial charge in [-0.1, -0.05) is 48.5 Å². The van der Waals surface area contributed by atoms with Gasteiger partial charge in [-0.05, 0) is 48.4 Å². The van der Waals surface area contributed by atoms with Crippen LogP contribution in [0.2, 0.25) is 0 Å². The SMILES string of the molecule is Cc1csc(C(c2ccccc2OCc2ccccc2)N2CCCC2C(=O)O)c1. The molecule has 1 saturated heterocycles. The number of carboxylic acid groups (broad SMARTS) is 1. The smallest absolute Gasteiger partial charge is 0.320 e. The molecule has 0 aliphatic carbocycles. The number of ether oxygens (including phenoxy) is 1. The second-order valence-corrected chi connectivity index (χ2v) is 8.42. The van der Waals surface area contributed by atoms with E-state index in [0.717, 1.165) is 34.7 Å². The van der Waals surface area contributed by atoms with Crippen molar-refractivity contribution in [2.24, 2.45) is 0 Å². The summed E-state index contributed by atoms with van der Waals surface area (Å²) in [4.78, 5) is 15.2. The van der Waals surface area contributed by atoms with Crippen molar-refractivity contribution in [3.05, 3.63) is 87.6 Å². The Kier molecular flexibility index (Phi) is 5.97. The number of para-hydroxylation sites is 1. The fourth-order valence-electron chi connectivity index (χ4n) is 4.03. The highest BCUT2D eigenvalue weighted by atomic mass is 32.1. The molecule has 1 aliphatic rings. The van der Waals surface area contributed by atoms with Crippen molar-refractivity contribution in [2.45, 2.75) is 38.5 Å². The van der Waals surface area contributed by atoms with E-state index in [1.54, 1.807) is 11.3 Å². The van der Waals surface area contributed by atoms with E-state index in [2.05, 4.69) is 29.3 Å². The molecule has 1 fully saturated rings. The maximum Gasteiger partial charge on any atom is 0.320 e. The number of carbonyl (C=O) groups is 1. The van der Waals surface area contributed by atoms with Crippen LogP contribution < -0.4 is 4.74 Å². The number of thiophene rings is 1. The van der Waals surface area contributed by atoms with Crippen molar-refractivity contribution < 1.29 is 14.6 Å². The van der Waals surface area contributed by atoms with Crippen LogP contribution in [0.15, 0.2) is 66.0 Å². The van der Waals surface area contributed by atoms with Gasteiger partial charge in [0.25, 0.3) is 0 Å². The van der Waals surface area contributed by atoms with Crippen molar-refractivity contribution in [3.8, 4) is 5.75 Å². The number of nitrogens with zero attached hydrogens (tertiary/aromatic N) is 1. The Morgan fingerprint density at radius 2 is 1.97 bits per heavy atom. The van der Waals surface area contributed by atoms with Gasteiger partial charge in [-0.3, -0.25) is 9.69 Å². The summed E-state index contributed by atoms with van der Waals surface area (Å²) < 4.78 is 6.22. The highest BCUT2D eigenvalue weighted by Gasteiger charge is 2.38. The number of benzene rings is 2. The van der Waals surface area contributed by atoms with E-state index in [1.165, 1.54) is 5.56 Å². The van der Waals surface area contributed by atoms with Crippen LogP contribution in [-0.2, 0) is 11.4 Å². The predicted octanol–water partition coefficient (Wildman–Crippen LogP) is 5.27. The van der Waals surface area contributed by atoms with Crippen LogP contribution in [0, 0.1) is 6.92 Å².